The van der Waals surface area contributed by atoms with E-state index in [9.17, 15) is 19.2 Å². The highest BCUT2D eigenvalue weighted by Crippen LogP contribution is 2.34. The molecule has 1 atom stereocenters. The molecule has 2 aliphatic heterocycles. The fourth-order valence-corrected chi connectivity index (χ4v) is 4.23. The molecule has 0 bridgehead atoms. The fraction of sp³-hybridized carbons (Fsp3) is 0.474. The molecule has 27 heavy (non-hydrogen) atoms. The topological polar surface area (TPSA) is 86.8 Å². The van der Waals surface area contributed by atoms with Crippen molar-refractivity contribution in [2.75, 3.05) is 17.6 Å². The summed E-state index contributed by atoms with van der Waals surface area (Å²) < 4.78 is 0. The molecule has 1 aliphatic carbocycles. The van der Waals surface area contributed by atoms with Crippen LogP contribution < -0.4 is 5.32 Å². The molecule has 1 aromatic carbocycles. The largest absolute Gasteiger partial charge is 0.330 e. The first-order chi connectivity index (χ1) is 13.0. The maximum Gasteiger partial charge on any atom is 0.289 e. The SMILES string of the molecule is O=C(Nc1ccc(CN2C(=O)CSC2=O)cc1)C1CCCN1C(=O)C1CC1. The highest BCUT2D eigenvalue weighted by Gasteiger charge is 2.40. The number of thioether (sulfide) groups is 1. The molecule has 0 aromatic heterocycles. The van der Waals surface area contributed by atoms with Gasteiger partial charge in [-0.15, -0.1) is 0 Å². The number of rotatable bonds is 5. The zero-order chi connectivity index (χ0) is 19.0. The Morgan fingerprint density at radius 2 is 1.85 bits per heavy atom. The first kappa shape index (κ1) is 18.0. The molecule has 1 aromatic rings. The van der Waals surface area contributed by atoms with Crippen molar-refractivity contribution in [1.29, 1.82) is 0 Å². The van der Waals surface area contributed by atoms with Gasteiger partial charge in [-0.3, -0.25) is 24.1 Å². The van der Waals surface area contributed by atoms with Gasteiger partial charge in [0.15, 0.2) is 0 Å². The van der Waals surface area contributed by atoms with Crippen molar-refractivity contribution in [1.82, 2.24) is 9.80 Å². The van der Waals surface area contributed by atoms with Crippen LogP contribution in [0.15, 0.2) is 24.3 Å². The quantitative estimate of drug-likeness (QED) is 0.837. The Bertz CT molecular complexity index is 775. The van der Waals surface area contributed by atoms with Crippen molar-refractivity contribution in [3.63, 3.8) is 0 Å². The smallest absolute Gasteiger partial charge is 0.289 e. The molecule has 1 N–H and O–H groups in total. The summed E-state index contributed by atoms with van der Waals surface area (Å²) >= 11 is 1.02. The van der Waals surface area contributed by atoms with Gasteiger partial charge >= 0.3 is 0 Å². The van der Waals surface area contributed by atoms with Crippen LogP contribution in [-0.4, -0.2) is 51.1 Å². The van der Waals surface area contributed by atoms with E-state index in [0.717, 1.165) is 36.6 Å². The average molecular weight is 387 g/mol. The van der Waals surface area contributed by atoms with Gasteiger partial charge in [-0.1, -0.05) is 23.9 Å². The van der Waals surface area contributed by atoms with Crippen LogP contribution in [0.3, 0.4) is 0 Å². The van der Waals surface area contributed by atoms with Gasteiger partial charge in [0.2, 0.25) is 17.7 Å². The Balaban J connectivity index is 1.36. The van der Waals surface area contributed by atoms with Gasteiger partial charge in [-0.2, -0.15) is 0 Å². The molecule has 2 saturated heterocycles. The van der Waals surface area contributed by atoms with Crippen molar-refractivity contribution in [3.05, 3.63) is 29.8 Å². The third-order valence-corrected chi connectivity index (χ3v) is 6.03. The molecular weight excluding hydrogens is 366 g/mol. The third-order valence-electron chi connectivity index (χ3n) is 5.17. The Labute approximate surface area is 161 Å². The maximum atomic E-state index is 12.6. The van der Waals surface area contributed by atoms with E-state index in [1.807, 2.05) is 0 Å². The number of amides is 4. The van der Waals surface area contributed by atoms with Gasteiger partial charge in [-0.25, -0.2) is 0 Å². The van der Waals surface area contributed by atoms with Crippen LogP contribution >= 0.6 is 11.8 Å². The molecule has 2 heterocycles. The minimum atomic E-state index is -0.394. The summed E-state index contributed by atoms with van der Waals surface area (Å²) in [6, 6.07) is 6.71. The van der Waals surface area contributed by atoms with Crippen LogP contribution in [0, 0.1) is 5.92 Å². The molecular formula is C19H21N3O4S. The Kier molecular flexibility index (Phi) is 4.90. The molecule has 1 saturated carbocycles. The number of carbonyl (C=O) groups is 4. The first-order valence-electron chi connectivity index (χ1n) is 9.20. The van der Waals surface area contributed by atoms with Crippen LogP contribution in [0.5, 0.6) is 0 Å². The number of nitrogens with one attached hydrogen (secondary N) is 1. The van der Waals surface area contributed by atoms with Gasteiger partial charge in [-0.05, 0) is 43.4 Å². The molecule has 0 radical (unpaired) electrons. The summed E-state index contributed by atoms with van der Waals surface area (Å²) in [6.07, 6.45) is 3.42. The summed E-state index contributed by atoms with van der Waals surface area (Å²) in [5.41, 5.74) is 1.46. The van der Waals surface area contributed by atoms with Crippen molar-refractivity contribution in [2.45, 2.75) is 38.3 Å². The van der Waals surface area contributed by atoms with Crippen LogP contribution in [0.25, 0.3) is 0 Å². The molecule has 4 rings (SSSR count). The van der Waals surface area contributed by atoms with E-state index >= 15 is 0 Å². The van der Waals surface area contributed by atoms with Crippen molar-refractivity contribution in [2.24, 2.45) is 5.92 Å². The van der Waals surface area contributed by atoms with E-state index in [2.05, 4.69) is 5.32 Å². The van der Waals surface area contributed by atoms with E-state index in [-0.39, 0.29) is 41.2 Å². The van der Waals surface area contributed by atoms with Crippen LogP contribution in [0.1, 0.15) is 31.2 Å². The number of anilines is 1. The van der Waals surface area contributed by atoms with Crippen LogP contribution in [0.2, 0.25) is 0 Å². The fourth-order valence-electron chi connectivity index (χ4n) is 3.50. The zero-order valence-corrected chi connectivity index (χ0v) is 15.7. The molecule has 3 aliphatic rings. The second-order valence-corrected chi connectivity index (χ2v) is 8.11. The number of hydrogen-bond acceptors (Lipinski definition) is 5. The molecule has 0 spiro atoms. The van der Waals surface area contributed by atoms with Gasteiger partial charge in [0.05, 0.1) is 12.3 Å². The molecule has 4 amide bonds. The number of carbonyl (C=O) groups excluding carboxylic acids is 4. The van der Waals surface area contributed by atoms with Gasteiger partial charge < -0.3 is 10.2 Å². The summed E-state index contributed by atoms with van der Waals surface area (Å²) in [5, 5.41) is 2.66. The summed E-state index contributed by atoms with van der Waals surface area (Å²) in [6.45, 7) is 0.896. The Morgan fingerprint density at radius 1 is 1.11 bits per heavy atom. The number of hydrogen-bond donors (Lipinski definition) is 1. The van der Waals surface area contributed by atoms with Crippen molar-refractivity contribution in [3.8, 4) is 0 Å². The minimum Gasteiger partial charge on any atom is -0.330 e. The van der Waals surface area contributed by atoms with E-state index in [1.165, 1.54) is 4.90 Å². The average Bonchev–Trinajstić information content (AvgIpc) is 3.32. The van der Waals surface area contributed by atoms with Crippen LogP contribution in [-0.2, 0) is 20.9 Å². The lowest BCUT2D eigenvalue weighted by molar-refractivity contribution is -0.137. The van der Waals surface area contributed by atoms with E-state index in [0.29, 0.717) is 18.7 Å². The predicted octanol–water partition coefficient (Wildman–Crippen LogP) is 2.22. The Hall–Kier alpha value is -2.35. The summed E-state index contributed by atoms with van der Waals surface area (Å²) in [7, 11) is 0. The standard InChI is InChI=1S/C19H21N3O4S/c23-16-11-27-19(26)22(16)10-12-3-7-14(8-4-12)20-17(24)15-2-1-9-21(15)18(25)13-5-6-13/h3-4,7-8,13,15H,1-2,5-6,9-11H2,(H,20,24). The van der Waals surface area contributed by atoms with Gasteiger partial charge in [0.1, 0.15) is 6.04 Å². The molecule has 7 nitrogen and oxygen atoms in total. The molecule has 1 unspecified atom stereocenters. The van der Waals surface area contributed by atoms with E-state index in [4.69, 9.17) is 0 Å². The zero-order valence-electron chi connectivity index (χ0n) is 14.8. The maximum absolute atomic E-state index is 12.6. The lowest BCUT2D eigenvalue weighted by atomic mass is 10.1. The Morgan fingerprint density at radius 3 is 2.48 bits per heavy atom. The minimum absolute atomic E-state index is 0.112. The number of likely N-dealkylation sites (tertiary alicyclic amines) is 1. The first-order valence-corrected chi connectivity index (χ1v) is 10.2. The number of nitrogens with zero attached hydrogens (tertiary/aromatic N) is 2. The molecule has 3 fully saturated rings. The monoisotopic (exact) mass is 387 g/mol. The molecule has 8 heteroatoms. The highest BCUT2D eigenvalue weighted by atomic mass is 32.2. The van der Waals surface area contributed by atoms with Crippen molar-refractivity contribution < 1.29 is 19.2 Å². The van der Waals surface area contributed by atoms with Crippen molar-refractivity contribution >= 4 is 40.4 Å². The normalized spacial score (nSPS) is 22.4. The van der Waals surface area contributed by atoms with E-state index < -0.39 is 6.04 Å². The van der Waals surface area contributed by atoms with Gasteiger partial charge in [0, 0.05) is 18.2 Å². The molecule has 142 valence electrons. The second kappa shape index (κ2) is 7.34. The lowest BCUT2D eigenvalue weighted by Crippen LogP contribution is -2.43. The third kappa shape index (κ3) is 3.85. The summed E-state index contributed by atoms with van der Waals surface area (Å²) in [5.74, 6) is 0.0945. The second-order valence-electron chi connectivity index (χ2n) is 7.18. The lowest BCUT2D eigenvalue weighted by Gasteiger charge is -2.24. The number of imide groups is 1. The van der Waals surface area contributed by atoms with Gasteiger partial charge in [0.25, 0.3) is 5.24 Å². The number of benzene rings is 1. The van der Waals surface area contributed by atoms with E-state index in [1.54, 1.807) is 29.2 Å². The summed E-state index contributed by atoms with van der Waals surface area (Å²) in [4.78, 5) is 51.2. The predicted molar refractivity (Wildman–Crippen MR) is 101 cm³/mol. The van der Waals surface area contributed by atoms with Crippen LogP contribution in [0.4, 0.5) is 10.5 Å². The highest BCUT2D eigenvalue weighted by molar-refractivity contribution is 8.14.